The van der Waals surface area contributed by atoms with Crippen LogP contribution < -0.4 is 5.32 Å². The van der Waals surface area contributed by atoms with Crippen molar-refractivity contribution in [2.24, 2.45) is 5.41 Å². The minimum atomic E-state index is -0.00261. The Hall–Kier alpha value is -0.240. The third-order valence-electron chi connectivity index (χ3n) is 3.13. The smallest absolute Gasteiger partial charge is 0.220 e. The lowest BCUT2D eigenvalue weighted by Gasteiger charge is -2.21. The number of hydrogen-bond donors (Lipinski definition) is 1. The maximum Gasteiger partial charge on any atom is 0.220 e. The molecule has 0 atom stereocenters. The molecule has 18 heavy (non-hydrogen) atoms. The predicted molar refractivity (Wildman–Crippen MR) is 80.1 cm³/mol. The largest absolute Gasteiger partial charge is 0.356 e. The van der Waals surface area contributed by atoms with Crippen molar-refractivity contribution in [2.45, 2.75) is 72.1 Å². The summed E-state index contributed by atoms with van der Waals surface area (Å²) in [5, 5.41) is 2.96. The third kappa shape index (κ3) is 10.9. The van der Waals surface area contributed by atoms with Crippen LogP contribution in [0, 0.1) is 5.41 Å². The lowest BCUT2D eigenvalue weighted by Crippen LogP contribution is -2.34. The molecule has 2 nitrogen and oxygen atoms in total. The van der Waals surface area contributed by atoms with Crippen LogP contribution in [0.2, 0.25) is 0 Å². The van der Waals surface area contributed by atoms with E-state index in [1.807, 2.05) is 0 Å². The number of amides is 1. The minimum absolute atomic E-state index is 0.00261. The first-order valence-corrected chi connectivity index (χ1v) is 7.88. The van der Waals surface area contributed by atoms with Crippen molar-refractivity contribution in [3.63, 3.8) is 0 Å². The van der Waals surface area contributed by atoms with Crippen LogP contribution in [0.15, 0.2) is 0 Å². The highest BCUT2D eigenvalue weighted by atomic mass is 35.5. The van der Waals surface area contributed by atoms with Gasteiger partial charge in [-0.15, -0.1) is 11.6 Å². The number of unbranched alkanes of at least 4 members (excludes halogenated alkanes) is 6. The first kappa shape index (κ1) is 17.8. The second kappa shape index (κ2) is 10.7. The molecule has 108 valence electrons. The first-order chi connectivity index (χ1) is 8.52. The van der Waals surface area contributed by atoms with E-state index in [0.717, 1.165) is 6.42 Å². The second-order valence-electron chi connectivity index (χ2n) is 5.95. The van der Waals surface area contributed by atoms with Crippen LogP contribution in [0.3, 0.4) is 0 Å². The van der Waals surface area contributed by atoms with Gasteiger partial charge in [-0.3, -0.25) is 4.79 Å². The SMILES string of the molecule is CCCCCCCCCC(=O)NCC(C)(C)CCl. The van der Waals surface area contributed by atoms with E-state index in [1.165, 1.54) is 38.5 Å². The van der Waals surface area contributed by atoms with Crippen molar-refractivity contribution in [3.8, 4) is 0 Å². The zero-order valence-corrected chi connectivity index (χ0v) is 13.1. The highest BCUT2D eigenvalue weighted by Gasteiger charge is 2.16. The Balaban J connectivity index is 3.38. The quantitative estimate of drug-likeness (QED) is 0.436. The van der Waals surface area contributed by atoms with Crippen LogP contribution in [0.4, 0.5) is 0 Å². The average Bonchev–Trinajstić information content (AvgIpc) is 2.35. The van der Waals surface area contributed by atoms with Gasteiger partial charge in [-0.2, -0.15) is 0 Å². The molecular weight excluding hydrogens is 246 g/mol. The van der Waals surface area contributed by atoms with E-state index in [1.54, 1.807) is 0 Å². The zero-order valence-electron chi connectivity index (χ0n) is 12.4. The molecule has 0 aromatic carbocycles. The van der Waals surface area contributed by atoms with Crippen molar-refractivity contribution >= 4 is 17.5 Å². The van der Waals surface area contributed by atoms with Crippen LogP contribution in [0.5, 0.6) is 0 Å². The number of hydrogen-bond acceptors (Lipinski definition) is 1. The molecule has 0 aliphatic heterocycles. The fourth-order valence-electron chi connectivity index (χ4n) is 1.72. The molecule has 0 aliphatic rings. The summed E-state index contributed by atoms with van der Waals surface area (Å²) < 4.78 is 0. The Morgan fingerprint density at radius 2 is 1.61 bits per heavy atom. The third-order valence-corrected chi connectivity index (χ3v) is 3.86. The Labute approximate surface area is 118 Å². The van der Waals surface area contributed by atoms with Crippen LogP contribution in [-0.4, -0.2) is 18.3 Å². The predicted octanol–water partition coefficient (Wildman–Crippen LogP) is 4.51. The average molecular weight is 276 g/mol. The second-order valence-corrected chi connectivity index (χ2v) is 6.21. The molecule has 0 saturated carbocycles. The van der Waals surface area contributed by atoms with Crippen molar-refractivity contribution in [3.05, 3.63) is 0 Å². The number of alkyl halides is 1. The van der Waals surface area contributed by atoms with Crippen LogP contribution in [0.25, 0.3) is 0 Å². The molecule has 0 saturated heterocycles. The Morgan fingerprint density at radius 3 is 2.17 bits per heavy atom. The van der Waals surface area contributed by atoms with E-state index < -0.39 is 0 Å². The van der Waals surface area contributed by atoms with Gasteiger partial charge in [-0.25, -0.2) is 0 Å². The zero-order chi connectivity index (χ0) is 13.9. The molecular formula is C15H30ClNO. The van der Waals surface area contributed by atoms with E-state index in [9.17, 15) is 4.79 Å². The van der Waals surface area contributed by atoms with Crippen LogP contribution >= 0.6 is 11.6 Å². The molecule has 0 fully saturated rings. The van der Waals surface area contributed by atoms with Gasteiger partial charge in [-0.05, 0) is 11.8 Å². The molecule has 0 aromatic rings. The molecule has 3 heteroatoms. The van der Waals surface area contributed by atoms with Crippen LogP contribution in [0.1, 0.15) is 72.1 Å². The summed E-state index contributed by atoms with van der Waals surface area (Å²) >= 11 is 5.81. The van der Waals surface area contributed by atoms with Gasteiger partial charge in [0, 0.05) is 18.8 Å². The van der Waals surface area contributed by atoms with Gasteiger partial charge in [0.25, 0.3) is 0 Å². The van der Waals surface area contributed by atoms with Crippen molar-refractivity contribution in [2.75, 3.05) is 12.4 Å². The first-order valence-electron chi connectivity index (χ1n) is 7.34. The molecule has 0 aromatic heterocycles. The summed E-state index contributed by atoms with van der Waals surface area (Å²) in [6.07, 6.45) is 9.40. The van der Waals surface area contributed by atoms with Gasteiger partial charge < -0.3 is 5.32 Å². The summed E-state index contributed by atoms with van der Waals surface area (Å²) in [6.45, 7) is 7.03. The molecule has 0 aliphatic carbocycles. The van der Waals surface area contributed by atoms with Gasteiger partial charge in [0.15, 0.2) is 0 Å². The number of nitrogens with one attached hydrogen (secondary N) is 1. The van der Waals surface area contributed by atoms with Gasteiger partial charge >= 0.3 is 0 Å². The van der Waals surface area contributed by atoms with Crippen molar-refractivity contribution < 1.29 is 4.79 Å². The van der Waals surface area contributed by atoms with E-state index in [-0.39, 0.29) is 11.3 Å². The highest BCUT2D eigenvalue weighted by molar-refractivity contribution is 6.18. The lowest BCUT2D eigenvalue weighted by atomic mass is 9.96. The summed E-state index contributed by atoms with van der Waals surface area (Å²) in [7, 11) is 0. The van der Waals surface area contributed by atoms with Crippen LogP contribution in [-0.2, 0) is 4.79 Å². The topological polar surface area (TPSA) is 29.1 Å². The van der Waals surface area contributed by atoms with Gasteiger partial charge in [0.1, 0.15) is 0 Å². The Morgan fingerprint density at radius 1 is 1.06 bits per heavy atom. The molecule has 1 N–H and O–H groups in total. The van der Waals surface area contributed by atoms with E-state index in [0.29, 0.717) is 18.8 Å². The molecule has 0 heterocycles. The Bertz CT molecular complexity index is 217. The van der Waals surface area contributed by atoms with Gasteiger partial charge in [0.05, 0.1) is 0 Å². The summed E-state index contributed by atoms with van der Waals surface area (Å²) in [5.41, 5.74) is -0.00261. The fraction of sp³-hybridized carbons (Fsp3) is 0.933. The molecule has 0 rings (SSSR count). The number of halogens is 1. The normalized spacial score (nSPS) is 11.6. The van der Waals surface area contributed by atoms with Crippen molar-refractivity contribution in [1.82, 2.24) is 5.32 Å². The molecule has 1 amide bonds. The molecule has 0 unspecified atom stereocenters. The highest BCUT2D eigenvalue weighted by Crippen LogP contribution is 2.15. The molecule has 0 bridgehead atoms. The van der Waals surface area contributed by atoms with Gasteiger partial charge in [0.2, 0.25) is 5.91 Å². The van der Waals surface area contributed by atoms with E-state index >= 15 is 0 Å². The summed E-state index contributed by atoms with van der Waals surface area (Å²) in [4.78, 5) is 11.6. The summed E-state index contributed by atoms with van der Waals surface area (Å²) in [6, 6.07) is 0. The minimum Gasteiger partial charge on any atom is -0.356 e. The maximum absolute atomic E-state index is 11.6. The number of rotatable bonds is 11. The Kier molecular flexibility index (Phi) is 10.5. The molecule has 0 spiro atoms. The summed E-state index contributed by atoms with van der Waals surface area (Å²) in [5.74, 6) is 0.742. The van der Waals surface area contributed by atoms with Crippen molar-refractivity contribution in [1.29, 1.82) is 0 Å². The monoisotopic (exact) mass is 275 g/mol. The number of carbonyl (C=O) groups is 1. The van der Waals surface area contributed by atoms with E-state index in [4.69, 9.17) is 11.6 Å². The van der Waals surface area contributed by atoms with E-state index in [2.05, 4.69) is 26.1 Å². The molecule has 0 radical (unpaired) electrons. The number of carbonyl (C=O) groups excluding carboxylic acids is 1. The van der Waals surface area contributed by atoms with Gasteiger partial charge in [-0.1, -0.05) is 59.3 Å². The standard InChI is InChI=1S/C15H30ClNO/c1-4-5-6-7-8-9-10-11-14(18)17-13-15(2,3)12-16/h4-13H2,1-3H3,(H,17,18). The fourth-order valence-corrected chi connectivity index (χ4v) is 1.81. The maximum atomic E-state index is 11.6. The lowest BCUT2D eigenvalue weighted by molar-refractivity contribution is -0.121.